The molecule has 3 aromatic heterocycles. The van der Waals surface area contributed by atoms with E-state index in [1.54, 1.807) is 22.0 Å². The minimum Gasteiger partial charge on any atom is -0.355 e. The second-order valence-corrected chi connectivity index (χ2v) is 9.21. The number of nitrogens with zero attached hydrogens (tertiary/aromatic N) is 2. The first-order valence-corrected chi connectivity index (χ1v) is 11.2. The van der Waals surface area contributed by atoms with Crippen molar-refractivity contribution in [3.05, 3.63) is 55.8 Å². The van der Waals surface area contributed by atoms with Gasteiger partial charge in [0.05, 0.1) is 11.1 Å². The number of nitrogens with one attached hydrogen (secondary N) is 1. The van der Waals surface area contributed by atoms with Gasteiger partial charge in [0.25, 0.3) is 5.56 Å². The van der Waals surface area contributed by atoms with Crippen LogP contribution in [0.2, 0.25) is 0 Å². The molecular weight excluding hydrogens is 398 g/mol. The van der Waals surface area contributed by atoms with Crippen LogP contribution in [0.25, 0.3) is 10.2 Å². The van der Waals surface area contributed by atoms with Gasteiger partial charge >= 0.3 is 0 Å². The molecule has 3 heterocycles. The molecule has 0 fully saturated rings. The Kier molecular flexibility index (Phi) is 6.51. The van der Waals surface area contributed by atoms with Gasteiger partial charge < -0.3 is 5.32 Å². The van der Waals surface area contributed by atoms with Crippen LogP contribution < -0.4 is 10.9 Å². The number of hydrogen-bond acceptors (Lipinski definition) is 6. The lowest BCUT2D eigenvalue weighted by molar-refractivity contribution is -0.118. The van der Waals surface area contributed by atoms with E-state index in [4.69, 9.17) is 0 Å². The fourth-order valence-corrected chi connectivity index (χ4v) is 5.29. The predicted octanol–water partition coefficient (Wildman–Crippen LogP) is 3.77. The molecule has 0 atom stereocenters. The van der Waals surface area contributed by atoms with Gasteiger partial charge in [-0.1, -0.05) is 23.9 Å². The number of aryl methyl sites for hydroxylation is 2. The standard InChI is InChI=1S/C19H21N3O2S3/c1-4-9-22-18(24)16-12(2)13(3)27-17(16)21-19(22)26-11-15(23)20-8-7-14-6-5-10-25-14/h4-6,10H,1,7-9,11H2,2-3H3,(H,20,23). The van der Waals surface area contributed by atoms with Gasteiger partial charge in [-0.3, -0.25) is 14.2 Å². The Labute approximate surface area is 170 Å². The largest absolute Gasteiger partial charge is 0.355 e. The van der Waals surface area contributed by atoms with Crippen LogP contribution in [-0.4, -0.2) is 27.8 Å². The lowest BCUT2D eigenvalue weighted by atomic mass is 10.2. The van der Waals surface area contributed by atoms with Gasteiger partial charge in [0.2, 0.25) is 5.91 Å². The second kappa shape index (κ2) is 8.86. The molecule has 1 N–H and O–H groups in total. The van der Waals surface area contributed by atoms with E-state index >= 15 is 0 Å². The summed E-state index contributed by atoms with van der Waals surface area (Å²) >= 11 is 4.49. The number of hydrogen-bond donors (Lipinski definition) is 1. The monoisotopic (exact) mass is 419 g/mol. The van der Waals surface area contributed by atoms with Crippen LogP contribution in [0.3, 0.4) is 0 Å². The first kappa shape index (κ1) is 19.9. The molecule has 0 bridgehead atoms. The van der Waals surface area contributed by atoms with Gasteiger partial charge in [-0.15, -0.1) is 29.3 Å². The van der Waals surface area contributed by atoms with Crippen molar-refractivity contribution in [2.75, 3.05) is 12.3 Å². The van der Waals surface area contributed by atoms with E-state index in [0.29, 0.717) is 23.6 Å². The summed E-state index contributed by atoms with van der Waals surface area (Å²) in [6.45, 7) is 8.65. The number of thiophene rings is 2. The lowest BCUT2D eigenvalue weighted by Gasteiger charge is -2.10. The zero-order valence-electron chi connectivity index (χ0n) is 15.3. The van der Waals surface area contributed by atoms with Crippen molar-refractivity contribution >= 4 is 50.6 Å². The second-order valence-electron chi connectivity index (χ2n) is 6.03. The number of carbonyl (C=O) groups is 1. The summed E-state index contributed by atoms with van der Waals surface area (Å²) in [7, 11) is 0. The summed E-state index contributed by atoms with van der Waals surface area (Å²) < 4.78 is 1.60. The maximum atomic E-state index is 12.9. The van der Waals surface area contributed by atoms with Crippen molar-refractivity contribution in [3.8, 4) is 0 Å². The van der Waals surface area contributed by atoms with Crippen molar-refractivity contribution in [2.45, 2.75) is 32.0 Å². The first-order valence-electron chi connectivity index (χ1n) is 8.54. The molecule has 0 aliphatic carbocycles. The number of carbonyl (C=O) groups excluding carboxylic acids is 1. The van der Waals surface area contributed by atoms with Crippen LogP contribution in [0, 0.1) is 13.8 Å². The van der Waals surface area contributed by atoms with E-state index in [2.05, 4.69) is 22.9 Å². The average molecular weight is 420 g/mol. The molecule has 3 rings (SSSR count). The highest BCUT2D eigenvalue weighted by atomic mass is 32.2. The number of fused-ring (bicyclic) bond motifs is 1. The minimum atomic E-state index is -0.0673. The first-order chi connectivity index (χ1) is 13.0. The van der Waals surface area contributed by atoms with E-state index in [9.17, 15) is 9.59 Å². The van der Waals surface area contributed by atoms with E-state index in [1.807, 2.05) is 25.3 Å². The average Bonchev–Trinajstić information content (AvgIpc) is 3.24. The van der Waals surface area contributed by atoms with Crippen LogP contribution >= 0.6 is 34.4 Å². The molecule has 142 valence electrons. The Morgan fingerprint density at radius 3 is 2.96 bits per heavy atom. The molecule has 0 saturated carbocycles. The summed E-state index contributed by atoms with van der Waals surface area (Å²) in [6, 6.07) is 4.07. The van der Waals surface area contributed by atoms with Crippen molar-refractivity contribution in [1.29, 1.82) is 0 Å². The van der Waals surface area contributed by atoms with Crippen molar-refractivity contribution in [3.63, 3.8) is 0 Å². The molecule has 0 aliphatic heterocycles. The molecular formula is C19H21N3O2S3. The smallest absolute Gasteiger partial charge is 0.263 e. The maximum absolute atomic E-state index is 12.9. The van der Waals surface area contributed by atoms with Crippen LogP contribution in [-0.2, 0) is 17.8 Å². The number of aromatic nitrogens is 2. The quantitative estimate of drug-likeness (QED) is 0.343. The van der Waals surface area contributed by atoms with Crippen molar-refractivity contribution < 1.29 is 4.79 Å². The summed E-state index contributed by atoms with van der Waals surface area (Å²) in [5, 5.41) is 6.18. The molecule has 0 radical (unpaired) electrons. The number of amides is 1. The molecule has 0 unspecified atom stereocenters. The number of allylic oxidation sites excluding steroid dienone is 1. The third kappa shape index (κ3) is 4.51. The van der Waals surface area contributed by atoms with Crippen LogP contribution in [0.4, 0.5) is 0 Å². The molecule has 0 aromatic carbocycles. The number of thioether (sulfide) groups is 1. The van der Waals surface area contributed by atoms with E-state index < -0.39 is 0 Å². The van der Waals surface area contributed by atoms with Gasteiger partial charge in [-0.25, -0.2) is 4.98 Å². The van der Waals surface area contributed by atoms with Gasteiger partial charge in [-0.05, 0) is 37.3 Å². The fourth-order valence-electron chi connectivity index (χ4n) is 2.67. The molecule has 0 saturated heterocycles. The third-order valence-electron chi connectivity index (χ3n) is 4.17. The Bertz CT molecular complexity index is 1020. The predicted molar refractivity (Wildman–Crippen MR) is 115 cm³/mol. The molecule has 5 nitrogen and oxygen atoms in total. The van der Waals surface area contributed by atoms with Gasteiger partial charge in [-0.2, -0.15) is 0 Å². The van der Waals surface area contributed by atoms with Gasteiger partial charge in [0.1, 0.15) is 4.83 Å². The zero-order valence-corrected chi connectivity index (χ0v) is 17.7. The van der Waals surface area contributed by atoms with E-state index in [0.717, 1.165) is 21.7 Å². The molecule has 1 amide bonds. The number of rotatable bonds is 8. The van der Waals surface area contributed by atoms with Crippen LogP contribution in [0.5, 0.6) is 0 Å². The highest BCUT2D eigenvalue weighted by Gasteiger charge is 2.17. The molecule has 8 heteroatoms. The van der Waals surface area contributed by atoms with E-state index in [-0.39, 0.29) is 17.2 Å². The molecule has 0 spiro atoms. The Morgan fingerprint density at radius 2 is 2.26 bits per heavy atom. The summed E-state index contributed by atoms with van der Waals surface area (Å²) in [5.74, 6) is 0.165. The molecule has 27 heavy (non-hydrogen) atoms. The summed E-state index contributed by atoms with van der Waals surface area (Å²) in [5.41, 5.74) is 0.913. The maximum Gasteiger partial charge on any atom is 0.263 e. The van der Waals surface area contributed by atoms with Gasteiger partial charge in [0, 0.05) is 22.8 Å². The van der Waals surface area contributed by atoms with Crippen molar-refractivity contribution in [1.82, 2.24) is 14.9 Å². The lowest BCUT2D eigenvalue weighted by Crippen LogP contribution is -2.28. The Morgan fingerprint density at radius 1 is 1.44 bits per heavy atom. The third-order valence-corrected chi connectivity index (χ3v) is 7.19. The molecule has 0 aliphatic rings. The Hall–Kier alpha value is -1.90. The highest BCUT2D eigenvalue weighted by Crippen LogP contribution is 2.28. The summed E-state index contributed by atoms with van der Waals surface area (Å²) in [6.07, 6.45) is 2.50. The highest BCUT2D eigenvalue weighted by molar-refractivity contribution is 7.99. The van der Waals surface area contributed by atoms with Gasteiger partial charge in [0.15, 0.2) is 5.16 Å². The topological polar surface area (TPSA) is 64.0 Å². The van der Waals surface area contributed by atoms with Crippen LogP contribution in [0.15, 0.2) is 40.1 Å². The SMILES string of the molecule is C=CCn1c(SCC(=O)NCCc2cccs2)nc2sc(C)c(C)c2c1=O. The van der Waals surface area contributed by atoms with E-state index in [1.165, 1.54) is 28.0 Å². The van der Waals surface area contributed by atoms with Crippen molar-refractivity contribution in [2.24, 2.45) is 0 Å². The normalized spacial score (nSPS) is 11.0. The van der Waals surface area contributed by atoms with Crippen LogP contribution in [0.1, 0.15) is 15.3 Å². The summed E-state index contributed by atoms with van der Waals surface area (Å²) in [4.78, 5) is 32.8. The fraction of sp³-hybridized carbons (Fsp3) is 0.316. The Balaban J connectivity index is 1.71. The zero-order chi connectivity index (χ0) is 19.4. The minimum absolute atomic E-state index is 0.0606. The molecule has 3 aromatic rings.